The number of alkyl halides is 3. The minimum atomic E-state index is -4.49. The van der Waals surface area contributed by atoms with Gasteiger partial charge in [-0.25, -0.2) is 0 Å². The lowest BCUT2D eigenvalue weighted by Gasteiger charge is -2.14. The fourth-order valence-corrected chi connectivity index (χ4v) is 2.08. The van der Waals surface area contributed by atoms with E-state index in [1.54, 1.807) is 0 Å². The number of nitrogens with one attached hydrogen (secondary N) is 1. The molecule has 0 bridgehead atoms. The molecule has 1 heterocycles. The molecule has 0 aliphatic carbocycles. The van der Waals surface area contributed by atoms with E-state index < -0.39 is 11.7 Å². The number of rotatable bonds is 4. The molecule has 0 amide bonds. The van der Waals surface area contributed by atoms with Crippen molar-refractivity contribution in [1.29, 1.82) is 0 Å². The lowest BCUT2D eigenvalue weighted by Crippen LogP contribution is -2.24. The van der Waals surface area contributed by atoms with Gasteiger partial charge in [0.1, 0.15) is 0 Å². The van der Waals surface area contributed by atoms with Gasteiger partial charge in [-0.1, -0.05) is 29.8 Å². The molecule has 5 nitrogen and oxygen atoms in total. The van der Waals surface area contributed by atoms with Crippen molar-refractivity contribution in [3.05, 3.63) is 34.1 Å². The molecule has 0 saturated heterocycles. The van der Waals surface area contributed by atoms with E-state index in [2.05, 4.69) is 36.8 Å². The first-order chi connectivity index (χ1) is 9.79. The summed E-state index contributed by atoms with van der Waals surface area (Å²) in [4.78, 5) is 0. The predicted octanol–water partition coefficient (Wildman–Crippen LogP) is 2.94. The van der Waals surface area contributed by atoms with Crippen LogP contribution in [0.5, 0.6) is 0 Å². The number of benzene rings is 1. The molecule has 0 aliphatic rings. The molecular formula is C12H13BrF3N5. The van der Waals surface area contributed by atoms with E-state index in [-0.39, 0.29) is 18.3 Å². The van der Waals surface area contributed by atoms with Crippen LogP contribution in [-0.4, -0.2) is 26.2 Å². The zero-order chi connectivity index (χ0) is 15.6. The average molecular weight is 364 g/mol. The Labute approximate surface area is 127 Å². The van der Waals surface area contributed by atoms with Gasteiger partial charge < -0.3 is 5.32 Å². The Morgan fingerprint density at radius 2 is 2.05 bits per heavy atom. The van der Waals surface area contributed by atoms with Crippen LogP contribution in [0.15, 0.2) is 22.7 Å². The Balaban J connectivity index is 2.46. The summed E-state index contributed by atoms with van der Waals surface area (Å²) in [5, 5.41) is 14.0. The second-order valence-electron chi connectivity index (χ2n) is 4.70. The standard InChI is InChI=1S/C12H13BrF3N5/c1-7(2)17-6-11-18-19-20-21(11)10-4-3-8(13)5-9(10)12(14,15)16/h3-5,7,17H,6H2,1-2H3. The predicted molar refractivity (Wildman–Crippen MR) is 73.8 cm³/mol. The number of halogens is 4. The smallest absolute Gasteiger partial charge is 0.308 e. The van der Waals surface area contributed by atoms with Crippen molar-refractivity contribution >= 4 is 15.9 Å². The molecule has 1 aromatic carbocycles. The first-order valence-electron chi connectivity index (χ1n) is 6.17. The van der Waals surface area contributed by atoms with Crippen molar-refractivity contribution in [3.8, 4) is 5.69 Å². The maximum atomic E-state index is 13.1. The summed E-state index contributed by atoms with van der Waals surface area (Å²) in [6, 6.07) is 4.03. The van der Waals surface area contributed by atoms with E-state index in [0.29, 0.717) is 10.3 Å². The monoisotopic (exact) mass is 363 g/mol. The van der Waals surface area contributed by atoms with E-state index in [1.807, 2.05) is 13.8 Å². The van der Waals surface area contributed by atoms with Crippen LogP contribution in [0, 0.1) is 0 Å². The lowest BCUT2D eigenvalue weighted by atomic mass is 10.1. The molecule has 0 aliphatic heterocycles. The van der Waals surface area contributed by atoms with Gasteiger partial charge in [0, 0.05) is 10.5 Å². The zero-order valence-corrected chi connectivity index (χ0v) is 12.9. The van der Waals surface area contributed by atoms with Crippen molar-refractivity contribution in [3.63, 3.8) is 0 Å². The van der Waals surface area contributed by atoms with E-state index in [9.17, 15) is 13.2 Å². The third kappa shape index (κ3) is 3.79. The van der Waals surface area contributed by atoms with Gasteiger partial charge in [-0.05, 0) is 28.6 Å². The minimum absolute atomic E-state index is 0.101. The van der Waals surface area contributed by atoms with Gasteiger partial charge in [0.05, 0.1) is 17.8 Å². The van der Waals surface area contributed by atoms with E-state index in [4.69, 9.17) is 0 Å². The highest BCUT2D eigenvalue weighted by atomic mass is 79.9. The summed E-state index contributed by atoms with van der Waals surface area (Å²) in [5.41, 5.74) is -0.897. The topological polar surface area (TPSA) is 55.6 Å². The summed E-state index contributed by atoms with van der Waals surface area (Å²) in [5.74, 6) is 0.316. The summed E-state index contributed by atoms with van der Waals surface area (Å²) < 4.78 is 40.9. The summed E-state index contributed by atoms with van der Waals surface area (Å²) in [7, 11) is 0. The largest absolute Gasteiger partial charge is 0.418 e. The molecule has 0 unspecified atom stereocenters. The van der Waals surface area contributed by atoms with Gasteiger partial charge in [-0.3, -0.25) is 0 Å². The van der Waals surface area contributed by atoms with Crippen LogP contribution in [0.1, 0.15) is 25.2 Å². The van der Waals surface area contributed by atoms with Crippen LogP contribution >= 0.6 is 15.9 Å². The zero-order valence-electron chi connectivity index (χ0n) is 11.3. The van der Waals surface area contributed by atoms with Gasteiger partial charge in [-0.2, -0.15) is 17.9 Å². The first kappa shape index (κ1) is 15.9. The number of aromatic nitrogens is 4. The van der Waals surface area contributed by atoms with Crippen LogP contribution in [0.2, 0.25) is 0 Å². The number of hydrogen-bond donors (Lipinski definition) is 1. The van der Waals surface area contributed by atoms with Gasteiger partial charge in [0.25, 0.3) is 0 Å². The molecule has 1 aromatic heterocycles. The quantitative estimate of drug-likeness (QED) is 0.907. The van der Waals surface area contributed by atoms with Gasteiger partial charge >= 0.3 is 6.18 Å². The molecule has 0 fully saturated rings. The summed E-state index contributed by atoms with van der Waals surface area (Å²) in [6.45, 7) is 4.13. The van der Waals surface area contributed by atoms with Crippen LogP contribution in [-0.2, 0) is 12.7 Å². The fraction of sp³-hybridized carbons (Fsp3) is 0.417. The number of nitrogens with zero attached hydrogens (tertiary/aromatic N) is 4. The molecule has 2 rings (SSSR count). The molecule has 0 spiro atoms. The summed E-state index contributed by atoms with van der Waals surface area (Å²) in [6.07, 6.45) is -4.49. The summed E-state index contributed by atoms with van der Waals surface area (Å²) >= 11 is 3.05. The third-order valence-corrected chi connectivity index (χ3v) is 3.19. The maximum absolute atomic E-state index is 13.1. The van der Waals surface area contributed by atoms with Crippen molar-refractivity contribution in [2.75, 3.05) is 0 Å². The highest BCUT2D eigenvalue weighted by molar-refractivity contribution is 9.10. The second-order valence-corrected chi connectivity index (χ2v) is 5.62. The Bertz CT molecular complexity index is 624. The Hall–Kier alpha value is -1.48. The van der Waals surface area contributed by atoms with Crippen molar-refractivity contribution in [1.82, 2.24) is 25.5 Å². The average Bonchev–Trinajstić information content (AvgIpc) is 2.83. The SMILES string of the molecule is CC(C)NCc1nnnn1-c1ccc(Br)cc1C(F)(F)F. The molecule has 1 N–H and O–H groups in total. The molecule has 21 heavy (non-hydrogen) atoms. The van der Waals surface area contributed by atoms with Crippen LogP contribution in [0.25, 0.3) is 5.69 Å². The number of tetrazole rings is 1. The molecule has 9 heteroatoms. The van der Waals surface area contributed by atoms with Crippen LogP contribution in [0.3, 0.4) is 0 Å². The molecule has 0 saturated carbocycles. The highest BCUT2D eigenvalue weighted by Crippen LogP contribution is 2.35. The van der Waals surface area contributed by atoms with Gasteiger partial charge in [0.2, 0.25) is 0 Å². The molecule has 0 radical (unpaired) electrons. The normalized spacial score (nSPS) is 12.1. The van der Waals surface area contributed by atoms with Crippen molar-refractivity contribution in [2.45, 2.75) is 32.6 Å². The second kappa shape index (κ2) is 6.10. The van der Waals surface area contributed by atoms with Crippen molar-refractivity contribution < 1.29 is 13.2 Å². The Morgan fingerprint density at radius 1 is 1.33 bits per heavy atom. The molecule has 0 atom stereocenters. The molecule has 114 valence electrons. The highest BCUT2D eigenvalue weighted by Gasteiger charge is 2.35. The minimum Gasteiger partial charge on any atom is -0.308 e. The first-order valence-corrected chi connectivity index (χ1v) is 6.96. The van der Waals surface area contributed by atoms with E-state index in [0.717, 1.165) is 10.7 Å². The third-order valence-electron chi connectivity index (χ3n) is 2.69. The van der Waals surface area contributed by atoms with E-state index in [1.165, 1.54) is 12.1 Å². The van der Waals surface area contributed by atoms with Crippen LogP contribution in [0.4, 0.5) is 13.2 Å². The lowest BCUT2D eigenvalue weighted by molar-refractivity contribution is -0.137. The maximum Gasteiger partial charge on any atom is 0.418 e. The van der Waals surface area contributed by atoms with Crippen LogP contribution < -0.4 is 5.32 Å². The molecule has 2 aromatic rings. The van der Waals surface area contributed by atoms with Gasteiger partial charge in [0.15, 0.2) is 5.82 Å². The fourth-order valence-electron chi connectivity index (χ4n) is 1.72. The number of hydrogen-bond acceptors (Lipinski definition) is 4. The Morgan fingerprint density at radius 3 is 2.67 bits per heavy atom. The van der Waals surface area contributed by atoms with E-state index >= 15 is 0 Å². The Kier molecular flexibility index (Phi) is 4.62. The molecular weight excluding hydrogens is 351 g/mol. The van der Waals surface area contributed by atoms with Crippen molar-refractivity contribution in [2.24, 2.45) is 0 Å². The van der Waals surface area contributed by atoms with Gasteiger partial charge in [-0.15, -0.1) is 5.10 Å².